The van der Waals surface area contributed by atoms with Crippen molar-refractivity contribution in [3.8, 4) is 17.2 Å². The number of rotatable bonds is 8. The van der Waals surface area contributed by atoms with Crippen LogP contribution in [-0.2, 0) is 4.84 Å². The quantitative estimate of drug-likeness (QED) is 0.354. The van der Waals surface area contributed by atoms with Crippen molar-refractivity contribution in [2.45, 2.75) is 0 Å². The zero-order chi connectivity index (χ0) is 18.9. The number of carbonyl (C=O) groups is 1. The SMILES string of the molecule is CONC(=COc1ccc(Oc2ccc(C=O)cc2)cc1)c1ccccc1. The third-order valence-corrected chi connectivity index (χ3v) is 3.69. The first kappa shape index (κ1) is 18.2. The summed E-state index contributed by atoms with van der Waals surface area (Å²) in [6, 6.07) is 23.9. The number of hydrogen-bond acceptors (Lipinski definition) is 5. The minimum absolute atomic E-state index is 0.608. The maximum Gasteiger partial charge on any atom is 0.150 e. The molecule has 0 spiro atoms. The molecule has 136 valence electrons. The molecule has 0 unspecified atom stereocenters. The van der Waals surface area contributed by atoms with Crippen LogP contribution in [0.15, 0.2) is 85.1 Å². The zero-order valence-electron chi connectivity index (χ0n) is 14.8. The maximum atomic E-state index is 10.7. The van der Waals surface area contributed by atoms with Crippen molar-refractivity contribution in [2.75, 3.05) is 7.11 Å². The van der Waals surface area contributed by atoms with E-state index in [1.165, 1.54) is 0 Å². The Morgan fingerprint density at radius 1 is 0.815 bits per heavy atom. The van der Waals surface area contributed by atoms with Crippen LogP contribution < -0.4 is 15.0 Å². The van der Waals surface area contributed by atoms with Crippen LogP contribution in [0.25, 0.3) is 5.70 Å². The molecule has 27 heavy (non-hydrogen) atoms. The Labute approximate surface area is 157 Å². The van der Waals surface area contributed by atoms with E-state index in [2.05, 4.69) is 5.48 Å². The van der Waals surface area contributed by atoms with Gasteiger partial charge in [0.1, 0.15) is 35.5 Å². The van der Waals surface area contributed by atoms with Gasteiger partial charge in [-0.2, -0.15) is 0 Å². The van der Waals surface area contributed by atoms with E-state index in [-0.39, 0.29) is 0 Å². The monoisotopic (exact) mass is 361 g/mol. The summed E-state index contributed by atoms with van der Waals surface area (Å²) in [5.74, 6) is 1.98. The van der Waals surface area contributed by atoms with E-state index in [1.807, 2.05) is 42.5 Å². The fourth-order valence-corrected chi connectivity index (χ4v) is 2.34. The first-order chi connectivity index (χ1) is 13.3. The maximum absolute atomic E-state index is 10.7. The lowest BCUT2D eigenvalue weighted by Gasteiger charge is -2.10. The van der Waals surface area contributed by atoms with E-state index in [1.54, 1.807) is 49.8 Å². The van der Waals surface area contributed by atoms with E-state index in [9.17, 15) is 4.79 Å². The normalized spacial score (nSPS) is 10.9. The number of hydrogen-bond donors (Lipinski definition) is 1. The Bertz CT molecular complexity index is 888. The average molecular weight is 361 g/mol. The minimum Gasteiger partial charge on any atom is -0.463 e. The zero-order valence-corrected chi connectivity index (χ0v) is 14.8. The van der Waals surface area contributed by atoms with Crippen LogP contribution in [0, 0.1) is 0 Å². The Kier molecular flexibility index (Phi) is 6.22. The Hall–Kier alpha value is -3.57. The third kappa shape index (κ3) is 5.20. The number of hydroxylamine groups is 1. The third-order valence-electron chi connectivity index (χ3n) is 3.69. The molecule has 0 saturated carbocycles. The lowest BCUT2D eigenvalue weighted by atomic mass is 10.2. The van der Waals surface area contributed by atoms with Crippen LogP contribution in [0.1, 0.15) is 15.9 Å². The average Bonchev–Trinajstić information content (AvgIpc) is 2.73. The summed E-state index contributed by atoms with van der Waals surface area (Å²) < 4.78 is 11.5. The molecule has 0 aliphatic rings. The molecule has 0 fully saturated rings. The van der Waals surface area contributed by atoms with Gasteiger partial charge >= 0.3 is 0 Å². The first-order valence-electron chi connectivity index (χ1n) is 8.33. The second-order valence-electron chi connectivity index (χ2n) is 5.58. The van der Waals surface area contributed by atoms with Crippen molar-refractivity contribution in [1.29, 1.82) is 0 Å². The van der Waals surface area contributed by atoms with Gasteiger partial charge in [-0.1, -0.05) is 30.3 Å². The van der Waals surface area contributed by atoms with Crippen molar-refractivity contribution < 1.29 is 19.1 Å². The smallest absolute Gasteiger partial charge is 0.150 e. The molecule has 3 aromatic carbocycles. The van der Waals surface area contributed by atoms with Crippen LogP contribution >= 0.6 is 0 Å². The summed E-state index contributed by atoms with van der Waals surface area (Å²) in [6.45, 7) is 0. The highest BCUT2D eigenvalue weighted by Crippen LogP contribution is 2.24. The van der Waals surface area contributed by atoms with E-state index in [0.717, 1.165) is 11.8 Å². The highest BCUT2D eigenvalue weighted by atomic mass is 16.6. The molecule has 3 rings (SSSR count). The van der Waals surface area contributed by atoms with E-state index in [4.69, 9.17) is 14.3 Å². The van der Waals surface area contributed by atoms with Crippen molar-refractivity contribution >= 4 is 12.0 Å². The number of benzene rings is 3. The molecule has 0 amide bonds. The summed E-state index contributed by atoms with van der Waals surface area (Å²) in [5.41, 5.74) is 5.06. The largest absolute Gasteiger partial charge is 0.463 e. The lowest BCUT2D eigenvalue weighted by molar-refractivity contribution is 0.112. The predicted octanol–water partition coefficient (Wildman–Crippen LogP) is 4.82. The van der Waals surface area contributed by atoms with E-state index < -0.39 is 0 Å². The second kappa shape index (κ2) is 9.22. The molecule has 5 nitrogen and oxygen atoms in total. The minimum atomic E-state index is 0.608. The standard InChI is InChI=1S/C22H19NO4/c1-25-23-22(18-5-3-2-4-6-18)16-26-19-11-13-21(14-12-19)27-20-9-7-17(15-24)8-10-20/h2-16,23H,1H3. The molecule has 5 heteroatoms. The van der Waals surface area contributed by atoms with Gasteiger partial charge in [0.25, 0.3) is 0 Å². The van der Waals surface area contributed by atoms with Crippen LogP contribution in [-0.4, -0.2) is 13.4 Å². The molecular weight excluding hydrogens is 342 g/mol. The highest BCUT2D eigenvalue weighted by molar-refractivity contribution is 5.74. The van der Waals surface area contributed by atoms with E-state index in [0.29, 0.717) is 28.5 Å². The molecule has 1 N–H and O–H groups in total. The van der Waals surface area contributed by atoms with Gasteiger partial charge in [0.15, 0.2) is 0 Å². The Morgan fingerprint density at radius 3 is 2.00 bits per heavy atom. The van der Waals surface area contributed by atoms with Crippen LogP contribution in [0.2, 0.25) is 0 Å². The summed E-state index contributed by atoms with van der Waals surface area (Å²) in [6.07, 6.45) is 2.39. The van der Waals surface area contributed by atoms with Crippen molar-refractivity contribution in [3.63, 3.8) is 0 Å². The topological polar surface area (TPSA) is 56.8 Å². The lowest BCUT2D eigenvalue weighted by Crippen LogP contribution is -2.11. The molecule has 3 aromatic rings. The molecular formula is C22H19NO4. The summed E-state index contributed by atoms with van der Waals surface area (Å²) in [5, 5.41) is 0. The van der Waals surface area contributed by atoms with Gasteiger partial charge in [-0.25, -0.2) is 0 Å². The summed E-state index contributed by atoms with van der Waals surface area (Å²) in [7, 11) is 1.55. The summed E-state index contributed by atoms with van der Waals surface area (Å²) in [4.78, 5) is 15.7. The number of nitrogens with one attached hydrogen (secondary N) is 1. The van der Waals surface area contributed by atoms with Gasteiger partial charge < -0.3 is 9.47 Å². The van der Waals surface area contributed by atoms with Crippen LogP contribution in [0.4, 0.5) is 0 Å². The van der Waals surface area contributed by atoms with Gasteiger partial charge in [0.05, 0.1) is 7.11 Å². The Balaban J connectivity index is 1.66. The molecule has 0 saturated heterocycles. The van der Waals surface area contributed by atoms with E-state index >= 15 is 0 Å². The number of carbonyl (C=O) groups excluding carboxylic acids is 1. The second-order valence-corrected chi connectivity index (χ2v) is 5.58. The number of aldehydes is 1. The van der Waals surface area contributed by atoms with Gasteiger partial charge in [0.2, 0.25) is 0 Å². The van der Waals surface area contributed by atoms with Crippen molar-refractivity contribution in [3.05, 3.63) is 96.3 Å². The fraction of sp³-hybridized carbons (Fsp3) is 0.0455. The van der Waals surface area contributed by atoms with Gasteiger partial charge in [-0.15, -0.1) is 0 Å². The molecule has 0 radical (unpaired) electrons. The van der Waals surface area contributed by atoms with Crippen LogP contribution in [0.3, 0.4) is 0 Å². The van der Waals surface area contributed by atoms with Crippen molar-refractivity contribution in [2.24, 2.45) is 0 Å². The number of ether oxygens (including phenoxy) is 2. The first-order valence-corrected chi connectivity index (χ1v) is 8.33. The van der Waals surface area contributed by atoms with Gasteiger partial charge in [0, 0.05) is 11.1 Å². The molecule has 0 atom stereocenters. The molecule has 0 bridgehead atoms. The summed E-state index contributed by atoms with van der Waals surface area (Å²) >= 11 is 0. The fourth-order valence-electron chi connectivity index (χ4n) is 2.34. The molecule has 0 aromatic heterocycles. The predicted molar refractivity (Wildman–Crippen MR) is 104 cm³/mol. The van der Waals surface area contributed by atoms with Crippen molar-refractivity contribution in [1.82, 2.24) is 5.48 Å². The van der Waals surface area contributed by atoms with Crippen LogP contribution in [0.5, 0.6) is 17.2 Å². The molecule has 0 aliphatic carbocycles. The molecule has 0 aliphatic heterocycles. The van der Waals surface area contributed by atoms with Gasteiger partial charge in [-0.3, -0.25) is 15.1 Å². The molecule has 0 heterocycles. The van der Waals surface area contributed by atoms with Gasteiger partial charge in [-0.05, 0) is 48.5 Å². The highest BCUT2D eigenvalue weighted by Gasteiger charge is 2.02. The Morgan fingerprint density at radius 2 is 1.41 bits per heavy atom.